The average Bonchev–Trinajstić information content (AvgIpc) is 2.46. The van der Waals surface area contributed by atoms with Crippen LogP contribution in [-0.2, 0) is 17.6 Å². The molecule has 3 N–H and O–H groups in total. The molecule has 2 unspecified atom stereocenters. The van der Waals surface area contributed by atoms with Crippen molar-refractivity contribution in [2.24, 2.45) is 5.73 Å². The highest BCUT2D eigenvalue weighted by Gasteiger charge is 2.28. The largest absolute Gasteiger partial charge is 0.348 e. The van der Waals surface area contributed by atoms with E-state index in [0.29, 0.717) is 6.42 Å². The van der Waals surface area contributed by atoms with E-state index in [1.165, 1.54) is 36.0 Å². The second-order valence-electron chi connectivity index (χ2n) is 6.60. The summed E-state index contributed by atoms with van der Waals surface area (Å²) in [7, 11) is 0. The molecular weight excluding hydrogens is 296 g/mol. The molecule has 0 fully saturated rings. The first-order valence-electron chi connectivity index (χ1n) is 8.15. The van der Waals surface area contributed by atoms with Gasteiger partial charge in [-0.25, -0.2) is 0 Å². The maximum absolute atomic E-state index is 12.3. The molecule has 22 heavy (non-hydrogen) atoms. The molecule has 0 saturated carbocycles. The van der Waals surface area contributed by atoms with Crippen LogP contribution in [0.1, 0.15) is 69.2 Å². The van der Waals surface area contributed by atoms with Gasteiger partial charge in [-0.05, 0) is 62.6 Å². The van der Waals surface area contributed by atoms with E-state index in [1.807, 2.05) is 20.8 Å². The average molecular weight is 325 g/mol. The molecule has 0 heterocycles. The van der Waals surface area contributed by atoms with Gasteiger partial charge in [-0.2, -0.15) is 0 Å². The summed E-state index contributed by atoms with van der Waals surface area (Å²) in [6.07, 6.45) is 6.53. The Kier molecular flexibility index (Phi) is 6.89. The molecule has 124 valence electrons. The molecule has 1 aliphatic carbocycles. The molecule has 0 aliphatic heterocycles. The lowest BCUT2D eigenvalue weighted by Crippen LogP contribution is -2.52. The molecule has 3 nitrogen and oxygen atoms in total. The summed E-state index contributed by atoms with van der Waals surface area (Å²) >= 11 is 0. The fraction of sp³-hybridized carbons (Fsp3) is 0.611. The molecule has 0 radical (unpaired) electrons. The van der Waals surface area contributed by atoms with Gasteiger partial charge in [-0.15, -0.1) is 12.4 Å². The summed E-state index contributed by atoms with van der Waals surface area (Å²) in [4.78, 5) is 12.3. The number of rotatable bonds is 5. The van der Waals surface area contributed by atoms with Crippen LogP contribution in [0.25, 0.3) is 0 Å². The lowest BCUT2D eigenvalue weighted by molar-refractivity contribution is -0.126. The van der Waals surface area contributed by atoms with Crippen LogP contribution >= 0.6 is 12.4 Å². The number of benzene rings is 1. The minimum absolute atomic E-state index is 0. The van der Waals surface area contributed by atoms with Gasteiger partial charge in [0.2, 0.25) is 5.91 Å². The minimum atomic E-state index is -0.781. The molecule has 1 aromatic rings. The number of hydrogen-bond donors (Lipinski definition) is 2. The van der Waals surface area contributed by atoms with Gasteiger partial charge in [0.05, 0.1) is 11.6 Å². The van der Waals surface area contributed by atoms with E-state index in [2.05, 4.69) is 23.5 Å². The van der Waals surface area contributed by atoms with Crippen LogP contribution in [0.15, 0.2) is 18.2 Å². The second-order valence-corrected chi connectivity index (χ2v) is 6.60. The zero-order chi connectivity index (χ0) is 15.5. The maximum Gasteiger partial charge on any atom is 0.240 e. The highest BCUT2D eigenvalue weighted by atomic mass is 35.5. The minimum Gasteiger partial charge on any atom is -0.348 e. The summed E-state index contributed by atoms with van der Waals surface area (Å²) in [6, 6.07) is 6.63. The van der Waals surface area contributed by atoms with E-state index in [1.54, 1.807) is 0 Å². The van der Waals surface area contributed by atoms with Gasteiger partial charge < -0.3 is 11.1 Å². The molecule has 0 spiro atoms. The van der Waals surface area contributed by atoms with E-state index in [9.17, 15) is 4.79 Å². The Morgan fingerprint density at radius 1 is 1.32 bits per heavy atom. The molecule has 0 aromatic heterocycles. The SMILES string of the molecule is CCCC(C)(N)C(=O)NC(C)c1ccc2c(c1)CCCC2.Cl. The van der Waals surface area contributed by atoms with Crippen molar-refractivity contribution in [1.29, 1.82) is 0 Å². The number of carbonyl (C=O) groups is 1. The van der Waals surface area contributed by atoms with Crippen LogP contribution in [0, 0.1) is 0 Å². The molecule has 2 atom stereocenters. The molecule has 0 bridgehead atoms. The van der Waals surface area contributed by atoms with Crippen LogP contribution in [0.4, 0.5) is 0 Å². The predicted molar refractivity (Wildman–Crippen MR) is 94.4 cm³/mol. The monoisotopic (exact) mass is 324 g/mol. The number of aryl methyl sites for hydroxylation is 2. The van der Waals surface area contributed by atoms with E-state index in [-0.39, 0.29) is 24.4 Å². The van der Waals surface area contributed by atoms with E-state index >= 15 is 0 Å². The zero-order valence-electron chi connectivity index (χ0n) is 13.9. The third kappa shape index (κ3) is 4.47. The van der Waals surface area contributed by atoms with Gasteiger partial charge >= 0.3 is 0 Å². The van der Waals surface area contributed by atoms with Crippen molar-refractivity contribution < 1.29 is 4.79 Å². The summed E-state index contributed by atoms with van der Waals surface area (Å²) in [5, 5.41) is 3.06. The third-order valence-corrected chi connectivity index (χ3v) is 4.51. The Hall–Kier alpha value is -1.06. The van der Waals surface area contributed by atoms with Crippen LogP contribution in [0.5, 0.6) is 0 Å². The van der Waals surface area contributed by atoms with Crippen molar-refractivity contribution in [3.05, 3.63) is 34.9 Å². The topological polar surface area (TPSA) is 55.1 Å². The fourth-order valence-electron chi connectivity index (χ4n) is 3.10. The van der Waals surface area contributed by atoms with Crippen molar-refractivity contribution in [1.82, 2.24) is 5.32 Å². The summed E-state index contributed by atoms with van der Waals surface area (Å²) in [6.45, 7) is 5.89. The van der Waals surface area contributed by atoms with Crippen LogP contribution in [0.3, 0.4) is 0 Å². The highest BCUT2D eigenvalue weighted by molar-refractivity contribution is 5.86. The molecule has 2 rings (SSSR count). The first-order valence-corrected chi connectivity index (χ1v) is 8.15. The number of halogens is 1. The molecule has 1 aromatic carbocycles. The number of nitrogens with one attached hydrogen (secondary N) is 1. The maximum atomic E-state index is 12.3. The van der Waals surface area contributed by atoms with Crippen molar-refractivity contribution in [2.75, 3.05) is 0 Å². The van der Waals surface area contributed by atoms with Crippen molar-refractivity contribution in [2.45, 2.75) is 70.9 Å². The summed E-state index contributed by atoms with van der Waals surface area (Å²) in [5.74, 6) is -0.0606. The number of carbonyl (C=O) groups excluding carboxylic acids is 1. The Labute approximate surface area is 140 Å². The van der Waals surface area contributed by atoms with Gasteiger partial charge in [0.15, 0.2) is 0 Å². The van der Waals surface area contributed by atoms with E-state index < -0.39 is 5.54 Å². The fourth-order valence-corrected chi connectivity index (χ4v) is 3.10. The highest BCUT2D eigenvalue weighted by Crippen LogP contribution is 2.25. The molecule has 0 saturated heterocycles. The summed E-state index contributed by atoms with van der Waals surface area (Å²) in [5.41, 5.74) is 9.41. The number of fused-ring (bicyclic) bond motifs is 1. The first-order chi connectivity index (χ1) is 9.94. The zero-order valence-corrected chi connectivity index (χ0v) is 14.8. The Bertz CT molecular complexity index is 514. The Balaban J connectivity index is 0.00000242. The summed E-state index contributed by atoms with van der Waals surface area (Å²) < 4.78 is 0. The van der Waals surface area contributed by atoms with Crippen LogP contribution in [-0.4, -0.2) is 11.4 Å². The van der Waals surface area contributed by atoms with Crippen LogP contribution < -0.4 is 11.1 Å². The lowest BCUT2D eigenvalue weighted by atomic mass is 9.89. The van der Waals surface area contributed by atoms with Gasteiger partial charge in [0, 0.05) is 0 Å². The van der Waals surface area contributed by atoms with Gasteiger partial charge in [-0.3, -0.25) is 4.79 Å². The lowest BCUT2D eigenvalue weighted by Gasteiger charge is -2.26. The molecule has 1 aliphatic rings. The van der Waals surface area contributed by atoms with Crippen LogP contribution in [0.2, 0.25) is 0 Å². The normalized spacial score (nSPS) is 17.6. The predicted octanol–water partition coefficient (Wildman–Crippen LogP) is 3.68. The van der Waals surface area contributed by atoms with Crippen molar-refractivity contribution in [3.8, 4) is 0 Å². The van der Waals surface area contributed by atoms with Gasteiger partial charge in [0.25, 0.3) is 0 Å². The third-order valence-electron chi connectivity index (χ3n) is 4.51. The standard InChI is InChI=1S/C18H28N2O.ClH/c1-4-11-18(3,19)17(21)20-13(2)15-10-9-14-7-5-6-8-16(14)12-15;/h9-10,12-13H,4-8,11,19H2,1-3H3,(H,20,21);1H. The second kappa shape index (κ2) is 7.98. The number of amides is 1. The quantitative estimate of drug-likeness (QED) is 0.868. The number of hydrogen-bond acceptors (Lipinski definition) is 2. The van der Waals surface area contributed by atoms with Crippen molar-refractivity contribution in [3.63, 3.8) is 0 Å². The Morgan fingerprint density at radius 2 is 1.95 bits per heavy atom. The molecule has 4 heteroatoms. The van der Waals surface area contributed by atoms with Gasteiger partial charge in [0.1, 0.15) is 0 Å². The molecular formula is C18H29ClN2O. The Morgan fingerprint density at radius 3 is 2.59 bits per heavy atom. The molecule has 1 amide bonds. The van der Waals surface area contributed by atoms with Crippen molar-refractivity contribution >= 4 is 18.3 Å². The van der Waals surface area contributed by atoms with E-state index in [0.717, 1.165) is 12.8 Å². The van der Waals surface area contributed by atoms with Gasteiger partial charge in [-0.1, -0.05) is 31.5 Å². The van der Waals surface area contributed by atoms with E-state index in [4.69, 9.17) is 5.73 Å². The smallest absolute Gasteiger partial charge is 0.240 e. The number of nitrogens with two attached hydrogens (primary N) is 1. The first kappa shape index (κ1) is 19.0.